The van der Waals surface area contributed by atoms with E-state index in [1.807, 2.05) is 0 Å². The SMILES string of the molecule is NS(=O)(=O)c1cn(CC2CCOC2)cn1. The van der Waals surface area contributed by atoms with Gasteiger partial charge in [0.05, 0.1) is 12.9 Å². The summed E-state index contributed by atoms with van der Waals surface area (Å²) in [6, 6.07) is 0. The van der Waals surface area contributed by atoms with Gasteiger partial charge in [0.25, 0.3) is 10.0 Å². The Kier molecular flexibility index (Phi) is 2.76. The number of imidazole rings is 1. The van der Waals surface area contributed by atoms with E-state index in [0.717, 1.165) is 26.2 Å². The molecule has 1 aromatic heterocycles. The predicted molar refractivity (Wildman–Crippen MR) is 52.5 cm³/mol. The highest BCUT2D eigenvalue weighted by Crippen LogP contribution is 2.15. The van der Waals surface area contributed by atoms with Crippen LogP contribution in [-0.4, -0.2) is 31.2 Å². The molecule has 2 heterocycles. The van der Waals surface area contributed by atoms with Crippen LogP contribution >= 0.6 is 0 Å². The minimum absolute atomic E-state index is 0.0820. The van der Waals surface area contributed by atoms with Crippen molar-refractivity contribution in [2.45, 2.75) is 18.0 Å². The van der Waals surface area contributed by atoms with Crippen LogP contribution in [-0.2, 0) is 21.3 Å². The van der Waals surface area contributed by atoms with E-state index in [9.17, 15) is 8.42 Å². The Bertz CT molecular complexity index is 434. The van der Waals surface area contributed by atoms with Crippen LogP contribution < -0.4 is 5.14 Å². The molecule has 1 fully saturated rings. The monoisotopic (exact) mass is 231 g/mol. The van der Waals surface area contributed by atoms with Gasteiger partial charge in [-0.1, -0.05) is 0 Å². The van der Waals surface area contributed by atoms with Gasteiger partial charge in [-0.2, -0.15) is 0 Å². The minimum atomic E-state index is -3.68. The average molecular weight is 231 g/mol. The van der Waals surface area contributed by atoms with Gasteiger partial charge in [0, 0.05) is 25.3 Å². The number of sulfonamides is 1. The first-order valence-corrected chi connectivity index (χ1v) is 6.22. The summed E-state index contributed by atoms with van der Waals surface area (Å²) in [4.78, 5) is 3.74. The fraction of sp³-hybridized carbons (Fsp3) is 0.625. The van der Waals surface area contributed by atoms with Gasteiger partial charge in [-0.25, -0.2) is 18.5 Å². The normalized spacial score (nSPS) is 22.1. The fourth-order valence-electron chi connectivity index (χ4n) is 1.61. The minimum Gasteiger partial charge on any atom is -0.381 e. The molecule has 2 N–H and O–H groups in total. The van der Waals surface area contributed by atoms with Crippen molar-refractivity contribution in [3.8, 4) is 0 Å². The molecule has 1 saturated heterocycles. The Balaban J connectivity index is 2.07. The number of hydrogen-bond acceptors (Lipinski definition) is 4. The van der Waals surface area contributed by atoms with Crippen molar-refractivity contribution in [3.63, 3.8) is 0 Å². The largest absolute Gasteiger partial charge is 0.381 e. The highest BCUT2D eigenvalue weighted by atomic mass is 32.2. The van der Waals surface area contributed by atoms with Crippen molar-refractivity contribution in [2.75, 3.05) is 13.2 Å². The highest BCUT2D eigenvalue weighted by Gasteiger charge is 2.17. The third-order valence-electron chi connectivity index (χ3n) is 2.39. The van der Waals surface area contributed by atoms with Crippen LogP contribution in [0.25, 0.3) is 0 Å². The smallest absolute Gasteiger partial charge is 0.257 e. The van der Waals surface area contributed by atoms with Crippen molar-refractivity contribution in [2.24, 2.45) is 11.1 Å². The van der Waals surface area contributed by atoms with Gasteiger partial charge in [0.15, 0.2) is 5.03 Å². The summed E-state index contributed by atoms with van der Waals surface area (Å²) < 4.78 is 28.9. The van der Waals surface area contributed by atoms with E-state index >= 15 is 0 Å². The van der Waals surface area contributed by atoms with Crippen LogP contribution in [0.1, 0.15) is 6.42 Å². The van der Waals surface area contributed by atoms with E-state index in [2.05, 4.69) is 4.98 Å². The van der Waals surface area contributed by atoms with Crippen molar-refractivity contribution >= 4 is 10.0 Å². The summed E-state index contributed by atoms with van der Waals surface area (Å²) >= 11 is 0. The lowest BCUT2D eigenvalue weighted by molar-refractivity contribution is 0.182. The molecule has 1 unspecified atom stereocenters. The lowest BCUT2D eigenvalue weighted by atomic mass is 10.1. The first-order valence-electron chi connectivity index (χ1n) is 4.68. The molecule has 6 nitrogen and oxygen atoms in total. The molecule has 1 aliphatic heterocycles. The van der Waals surface area contributed by atoms with Gasteiger partial charge in [-0.3, -0.25) is 0 Å². The number of nitrogens with two attached hydrogens (primary N) is 1. The molecular weight excluding hydrogens is 218 g/mol. The third kappa shape index (κ3) is 2.55. The fourth-order valence-corrected chi connectivity index (χ4v) is 2.09. The van der Waals surface area contributed by atoms with Crippen LogP contribution in [0.2, 0.25) is 0 Å². The van der Waals surface area contributed by atoms with E-state index in [0.29, 0.717) is 5.92 Å². The Morgan fingerprint density at radius 3 is 3.00 bits per heavy atom. The standard InChI is InChI=1S/C8H13N3O3S/c9-15(12,13)8-4-11(6-10-8)3-7-1-2-14-5-7/h4,6-7H,1-3,5H2,(H2,9,12,13). The molecule has 0 radical (unpaired) electrons. The molecule has 0 aromatic carbocycles. The van der Waals surface area contributed by atoms with Crippen LogP contribution in [0.4, 0.5) is 0 Å². The molecule has 2 rings (SSSR count). The van der Waals surface area contributed by atoms with E-state index in [1.54, 1.807) is 4.57 Å². The summed E-state index contributed by atoms with van der Waals surface area (Å²) in [5.74, 6) is 0.438. The van der Waals surface area contributed by atoms with Gasteiger partial charge in [-0.15, -0.1) is 0 Å². The van der Waals surface area contributed by atoms with E-state index in [-0.39, 0.29) is 5.03 Å². The number of rotatable bonds is 3. The second-order valence-electron chi connectivity index (χ2n) is 3.68. The number of nitrogens with zero attached hydrogens (tertiary/aromatic N) is 2. The molecule has 0 bridgehead atoms. The Labute approximate surface area is 88.1 Å². The highest BCUT2D eigenvalue weighted by molar-refractivity contribution is 7.89. The van der Waals surface area contributed by atoms with Crippen LogP contribution in [0.15, 0.2) is 17.6 Å². The zero-order valence-corrected chi connectivity index (χ0v) is 8.98. The first-order chi connectivity index (χ1) is 7.05. The number of primary sulfonamides is 1. The first kappa shape index (κ1) is 10.6. The number of aromatic nitrogens is 2. The predicted octanol–water partition coefficient (Wildman–Crippen LogP) is -0.433. The lowest BCUT2D eigenvalue weighted by Crippen LogP contribution is -2.13. The molecule has 7 heteroatoms. The second-order valence-corrected chi connectivity index (χ2v) is 5.19. The van der Waals surface area contributed by atoms with E-state index in [1.165, 1.54) is 12.5 Å². The van der Waals surface area contributed by atoms with Crippen molar-refractivity contribution in [1.82, 2.24) is 9.55 Å². The van der Waals surface area contributed by atoms with Crippen LogP contribution in [0, 0.1) is 5.92 Å². The van der Waals surface area contributed by atoms with Gasteiger partial charge >= 0.3 is 0 Å². The molecule has 0 saturated carbocycles. The molecule has 84 valence electrons. The number of hydrogen-bond donors (Lipinski definition) is 1. The van der Waals surface area contributed by atoms with Crippen LogP contribution in [0.5, 0.6) is 0 Å². The molecule has 0 amide bonds. The molecular formula is C8H13N3O3S. The number of ether oxygens (including phenoxy) is 1. The summed E-state index contributed by atoms with van der Waals surface area (Å²) in [5.41, 5.74) is 0. The topological polar surface area (TPSA) is 87.2 Å². The Morgan fingerprint density at radius 2 is 2.47 bits per heavy atom. The van der Waals surface area contributed by atoms with Gasteiger partial charge < -0.3 is 9.30 Å². The third-order valence-corrected chi connectivity index (χ3v) is 3.19. The molecule has 0 spiro atoms. The summed E-state index contributed by atoms with van der Waals surface area (Å²) in [7, 11) is -3.68. The van der Waals surface area contributed by atoms with Gasteiger partial charge in [0.2, 0.25) is 0 Å². The van der Waals surface area contributed by atoms with E-state index < -0.39 is 10.0 Å². The summed E-state index contributed by atoms with van der Waals surface area (Å²) in [5, 5.41) is 4.87. The van der Waals surface area contributed by atoms with Crippen molar-refractivity contribution < 1.29 is 13.2 Å². The van der Waals surface area contributed by atoms with Gasteiger partial charge in [0.1, 0.15) is 0 Å². The summed E-state index contributed by atoms with van der Waals surface area (Å²) in [6.45, 7) is 2.23. The molecule has 1 aliphatic rings. The maximum absolute atomic E-state index is 11.0. The van der Waals surface area contributed by atoms with E-state index in [4.69, 9.17) is 9.88 Å². The quantitative estimate of drug-likeness (QED) is 0.764. The van der Waals surface area contributed by atoms with Crippen molar-refractivity contribution in [1.29, 1.82) is 0 Å². The maximum Gasteiger partial charge on any atom is 0.257 e. The molecule has 1 atom stereocenters. The van der Waals surface area contributed by atoms with Gasteiger partial charge in [-0.05, 0) is 6.42 Å². The Morgan fingerprint density at radius 1 is 1.67 bits per heavy atom. The van der Waals surface area contributed by atoms with Crippen LogP contribution in [0.3, 0.4) is 0 Å². The molecule has 1 aromatic rings. The van der Waals surface area contributed by atoms with Crippen molar-refractivity contribution in [3.05, 3.63) is 12.5 Å². The Hall–Kier alpha value is -0.920. The molecule has 0 aliphatic carbocycles. The second kappa shape index (κ2) is 3.92. The maximum atomic E-state index is 11.0. The lowest BCUT2D eigenvalue weighted by Gasteiger charge is -2.06. The zero-order valence-electron chi connectivity index (χ0n) is 8.17. The average Bonchev–Trinajstić information content (AvgIpc) is 2.73. The molecule has 15 heavy (non-hydrogen) atoms. The zero-order chi connectivity index (χ0) is 10.9. The summed E-state index contributed by atoms with van der Waals surface area (Å²) in [6.07, 6.45) is 3.94.